The molecule has 3 aliphatic rings. The van der Waals surface area contributed by atoms with Crippen LogP contribution < -0.4 is 5.32 Å². The molecule has 2 aromatic rings. The molecule has 4 nitrogen and oxygen atoms in total. The molecular weight excluding hydrogens is 391 g/mol. The molecule has 3 fully saturated rings. The van der Waals surface area contributed by atoms with Crippen LogP contribution in [0.2, 0.25) is 0 Å². The normalized spacial score (nSPS) is 24.4. The smallest absolute Gasteiger partial charge is 0.233 e. The molecule has 2 heterocycles. The third-order valence-corrected chi connectivity index (χ3v) is 8.02. The van der Waals surface area contributed by atoms with Gasteiger partial charge in [-0.05, 0) is 54.4 Å². The van der Waals surface area contributed by atoms with Crippen LogP contribution in [0, 0.1) is 11.2 Å². The van der Waals surface area contributed by atoms with Gasteiger partial charge in [0.05, 0.1) is 5.41 Å². The molecule has 1 unspecified atom stereocenters. The molecule has 31 heavy (non-hydrogen) atoms. The fourth-order valence-electron chi connectivity index (χ4n) is 6.00. The van der Waals surface area contributed by atoms with Crippen LogP contribution in [0.1, 0.15) is 55.6 Å². The predicted molar refractivity (Wildman–Crippen MR) is 117 cm³/mol. The number of nitrogens with zero attached hydrogens (tertiary/aromatic N) is 1. The van der Waals surface area contributed by atoms with Crippen molar-refractivity contribution in [2.45, 2.75) is 49.9 Å². The minimum atomic E-state index is -0.369. The Balaban J connectivity index is 1.36. The lowest BCUT2D eigenvalue weighted by atomic mass is 9.61. The van der Waals surface area contributed by atoms with Crippen LogP contribution in [-0.2, 0) is 15.0 Å². The lowest BCUT2D eigenvalue weighted by Gasteiger charge is -2.51. The zero-order valence-electron chi connectivity index (χ0n) is 17.8. The quantitative estimate of drug-likeness (QED) is 0.811. The van der Waals surface area contributed by atoms with E-state index in [-0.39, 0.29) is 34.4 Å². The van der Waals surface area contributed by atoms with E-state index in [1.54, 1.807) is 0 Å². The summed E-state index contributed by atoms with van der Waals surface area (Å²) in [5.74, 6) is 0.232. The van der Waals surface area contributed by atoms with Gasteiger partial charge >= 0.3 is 0 Å². The standard InChI is InChI=1S/C26H29FN2O2/c27-21-9-7-19(8-10-21)22-18-28-23(30)17-25(22)13-15-29(16-14-25)24(31)26(11-4-12-26)20-5-2-1-3-6-20/h1-3,5-10,22H,4,11-18H2,(H,28,30). The van der Waals surface area contributed by atoms with Crippen molar-refractivity contribution in [3.63, 3.8) is 0 Å². The summed E-state index contributed by atoms with van der Waals surface area (Å²) in [5, 5.41) is 3.00. The Morgan fingerprint density at radius 3 is 2.26 bits per heavy atom. The fraction of sp³-hybridized carbons (Fsp3) is 0.462. The maximum atomic E-state index is 13.6. The fourth-order valence-corrected chi connectivity index (χ4v) is 6.00. The first-order valence-corrected chi connectivity index (χ1v) is 11.4. The topological polar surface area (TPSA) is 49.4 Å². The molecule has 5 heteroatoms. The molecule has 1 N–H and O–H groups in total. The average Bonchev–Trinajstić information content (AvgIpc) is 2.75. The summed E-state index contributed by atoms with van der Waals surface area (Å²) >= 11 is 0. The Morgan fingerprint density at radius 2 is 1.65 bits per heavy atom. The second-order valence-corrected chi connectivity index (χ2v) is 9.54. The van der Waals surface area contributed by atoms with E-state index in [0.717, 1.165) is 43.2 Å². The highest BCUT2D eigenvalue weighted by Gasteiger charge is 2.51. The first-order valence-electron chi connectivity index (χ1n) is 11.4. The van der Waals surface area contributed by atoms with Crippen LogP contribution in [-0.4, -0.2) is 36.3 Å². The van der Waals surface area contributed by atoms with Gasteiger partial charge in [0, 0.05) is 32.0 Å². The van der Waals surface area contributed by atoms with Gasteiger partial charge in [-0.3, -0.25) is 9.59 Å². The molecule has 0 radical (unpaired) electrons. The van der Waals surface area contributed by atoms with E-state index in [4.69, 9.17) is 0 Å². The average molecular weight is 421 g/mol. The summed E-state index contributed by atoms with van der Waals surface area (Å²) in [6.45, 7) is 1.93. The number of hydrogen-bond acceptors (Lipinski definition) is 2. The van der Waals surface area contributed by atoms with Gasteiger partial charge in [0.25, 0.3) is 0 Å². The molecule has 162 valence electrons. The van der Waals surface area contributed by atoms with Crippen LogP contribution in [0.4, 0.5) is 4.39 Å². The number of benzene rings is 2. The van der Waals surface area contributed by atoms with E-state index in [0.29, 0.717) is 26.1 Å². The first-order chi connectivity index (χ1) is 15.0. The van der Waals surface area contributed by atoms with Crippen molar-refractivity contribution < 1.29 is 14.0 Å². The Kier molecular flexibility index (Phi) is 5.07. The zero-order valence-corrected chi connectivity index (χ0v) is 17.8. The third kappa shape index (κ3) is 3.44. The number of hydrogen-bond donors (Lipinski definition) is 1. The van der Waals surface area contributed by atoms with E-state index in [1.807, 2.05) is 35.2 Å². The van der Waals surface area contributed by atoms with Crippen molar-refractivity contribution in [1.82, 2.24) is 10.2 Å². The SMILES string of the molecule is O=C1CC2(CCN(C(=O)C3(c4ccccc4)CCC3)CC2)C(c2ccc(F)cc2)CN1. The Hall–Kier alpha value is -2.69. The second-order valence-electron chi connectivity index (χ2n) is 9.54. The summed E-state index contributed by atoms with van der Waals surface area (Å²) in [7, 11) is 0. The van der Waals surface area contributed by atoms with Crippen molar-refractivity contribution in [2.75, 3.05) is 19.6 Å². The number of halogens is 1. The zero-order chi connectivity index (χ0) is 21.5. The second kappa shape index (κ2) is 7.77. The number of likely N-dealkylation sites (tertiary alicyclic amines) is 1. The summed E-state index contributed by atoms with van der Waals surface area (Å²) < 4.78 is 13.5. The molecular formula is C26H29FN2O2. The minimum Gasteiger partial charge on any atom is -0.355 e. The van der Waals surface area contributed by atoms with Gasteiger partial charge < -0.3 is 10.2 Å². The molecule has 5 rings (SSSR count). The van der Waals surface area contributed by atoms with E-state index in [9.17, 15) is 14.0 Å². The first kappa shape index (κ1) is 20.2. The number of amides is 2. The summed E-state index contributed by atoms with van der Waals surface area (Å²) in [5.41, 5.74) is 1.66. The highest BCUT2D eigenvalue weighted by Crippen LogP contribution is 2.51. The van der Waals surface area contributed by atoms with Crippen LogP contribution in [0.5, 0.6) is 0 Å². The maximum Gasteiger partial charge on any atom is 0.233 e. The van der Waals surface area contributed by atoms with Crippen molar-refractivity contribution >= 4 is 11.8 Å². The van der Waals surface area contributed by atoms with E-state index in [1.165, 1.54) is 12.1 Å². The number of carbonyl (C=O) groups excluding carboxylic acids is 2. The molecule has 0 aromatic heterocycles. The summed E-state index contributed by atoms with van der Waals surface area (Å²) in [6.07, 6.45) is 5.00. The van der Waals surface area contributed by atoms with Gasteiger partial charge in [0.2, 0.25) is 11.8 Å². The predicted octanol–water partition coefficient (Wildman–Crippen LogP) is 4.16. The van der Waals surface area contributed by atoms with Crippen molar-refractivity contribution in [3.05, 3.63) is 71.5 Å². The molecule has 0 bridgehead atoms. The van der Waals surface area contributed by atoms with Gasteiger partial charge in [-0.15, -0.1) is 0 Å². The summed E-state index contributed by atoms with van der Waals surface area (Å²) in [6, 6.07) is 16.9. The van der Waals surface area contributed by atoms with Crippen LogP contribution >= 0.6 is 0 Å². The third-order valence-electron chi connectivity index (χ3n) is 8.02. The van der Waals surface area contributed by atoms with Gasteiger partial charge in [0.1, 0.15) is 5.82 Å². The largest absolute Gasteiger partial charge is 0.355 e. The monoisotopic (exact) mass is 420 g/mol. The van der Waals surface area contributed by atoms with Gasteiger partial charge in [-0.25, -0.2) is 4.39 Å². The van der Waals surface area contributed by atoms with Crippen molar-refractivity contribution in [1.29, 1.82) is 0 Å². The molecule has 2 amide bonds. The molecule has 2 saturated heterocycles. The number of piperidine rings is 2. The van der Waals surface area contributed by atoms with Gasteiger partial charge in [-0.1, -0.05) is 48.9 Å². The van der Waals surface area contributed by atoms with Crippen LogP contribution in [0.15, 0.2) is 54.6 Å². The van der Waals surface area contributed by atoms with Crippen molar-refractivity contribution in [2.24, 2.45) is 5.41 Å². The van der Waals surface area contributed by atoms with Crippen LogP contribution in [0.25, 0.3) is 0 Å². The lowest BCUT2D eigenvalue weighted by Crippen LogP contribution is -2.57. The lowest BCUT2D eigenvalue weighted by molar-refractivity contribution is -0.144. The van der Waals surface area contributed by atoms with Crippen LogP contribution in [0.3, 0.4) is 0 Å². The molecule has 1 atom stereocenters. The van der Waals surface area contributed by atoms with E-state index < -0.39 is 0 Å². The Labute approximate surface area is 182 Å². The highest BCUT2D eigenvalue weighted by atomic mass is 19.1. The number of rotatable bonds is 3. The molecule has 1 aliphatic carbocycles. The molecule has 1 saturated carbocycles. The molecule has 2 aliphatic heterocycles. The highest BCUT2D eigenvalue weighted by molar-refractivity contribution is 5.89. The number of carbonyl (C=O) groups is 2. The van der Waals surface area contributed by atoms with Gasteiger partial charge in [-0.2, -0.15) is 0 Å². The molecule has 2 aromatic carbocycles. The Bertz CT molecular complexity index is 961. The van der Waals surface area contributed by atoms with E-state index in [2.05, 4.69) is 17.4 Å². The van der Waals surface area contributed by atoms with Gasteiger partial charge in [0.15, 0.2) is 0 Å². The number of nitrogens with one attached hydrogen (secondary N) is 1. The van der Waals surface area contributed by atoms with E-state index >= 15 is 0 Å². The molecule has 1 spiro atoms. The Morgan fingerprint density at radius 1 is 0.968 bits per heavy atom. The minimum absolute atomic E-state index is 0.0814. The summed E-state index contributed by atoms with van der Waals surface area (Å²) in [4.78, 5) is 28.0. The maximum absolute atomic E-state index is 13.6. The van der Waals surface area contributed by atoms with Crippen molar-refractivity contribution in [3.8, 4) is 0 Å².